The standard InChI is InChI=1S/C32H33N3O7/c36-26-12-10-23(24-11-13-28(38)34-29(24)26)27(37)19-33-16-3-4-17-42-22-8-5-7-21(18-22)30(39)35-32(31(40)41)15-14-20-6-1-2-9-25(20)32/h1-2,5-13,18,27,33,36-37H,3-4,14-17,19H2,(H,34,38)(H,35,39)(H,40,41). The molecule has 2 unspecified atom stereocenters. The monoisotopic (exact) mass is 571 g/mol. The number of hydrogen-bond donors (Lipinski definition) is 6. The van der Waals surface area contributed by atoms with Gasteiger partial charge in [0.25, 0.3) is 5.91 Å². The Kier molecular flexibility index (Phi) is 8.56. The second kappa shape index (κ2) is 12.5. The van der Waals surface area contributed by atoms with Crippen molar-refractivity contribution in [3.63, 3.8) is 0 Å². The predicted octanol–water partition coefficient (Wildman–Crippen LogP) is 3.37. The van der Waals surface area contributed by atoms with Crippen LogP contribution in [0, 0.1) is 0 Å². The maximum Gasteiger partial charge on any atom is 0.334 e. The van der Waals surface area contributed by atoms with E-state index in [-0.39, 0.29) is 11.3 Å². The lowest BCUT2D eigenvalue weighted by molar-refractivity contribution is -0.144. The van der Waals surface area contributed by atoms with Gasteiger partial charge in [-0.25, -0.2) is 4.79 Å². The normalized spacial score (nSPS) is 16.6. The number of phenolic OH excluding ortho intramolecular Hbond substituents is 1. The van der Waals surface area contributed by atoms with E-state index in [9.17, 15) is 29.7 Å². The molecule has 4 aromatic rings. The molecule has 3 aromatic carbocycles. The van der Waals surface area contributed by atoms with Gasteiger partial charge in [0.05, 0.1) is 18.2 Å². The van der Waals surface area contributed by atoms with Gasteiger partial charge in [0, 0.05) is 23.6 Å². The number of carbonyl (C=O) groups is 2. The van der Waals surface area contributed by atoms with Crippen LogP contribution in [-0.2, 0) is 16.8 Å². The van der Waals surface area contributed by atoms with Crippen LogP contribution in [0.2, 0.25) is 0 Å². The van der Waals surface area contributed by atoms with Crippen molar-refractivity contribution in [2.75, 3.05) is 19.7 Å². The van der Waals surface area contributed by atoms with E-state index >= 15 is 0 Å². The molecular formula is C32H33N3O7. The molecule has 0 saturated carbocycles. The van der Waals surface area contributed by atoms with Crippen LogP contribution in [0.15, 0.2) is 77.6 Å². The number of aliphatic hydroxyl groups is 1. The summed E-state index contributed by atoms with van der Waals surface area (Å²) in [5.74, 6) is -1.10. The number of aromatic hydroxyl groups is 1. The van der Waals surface area contributed by atoms with Crippen molar-refractivity contribution in [3.8, 4) is 11.5 Å². The quantitative estimate of drug-likeness (QED) is 0.141. The summed E-state index contributed by atoms with van der Waals surface area (Å²) in [6.45, 7) is 1.34. The topological polar surface area (TPSA) is 161 Å². The van der Waals surface area contributed by atoms with Gasteiger partial charge in [-0.3, -0.25) is 9.59 Å². The zero-order valence-electron chi connectivity index (χ0n) is 22.9. The van der Waals surface area contributed by atoms with Crippen molar-refractivity contribution in [2.24, 2.45) is 0 Å². The average Bonchev–Trinajstić information content (AvgIpc) is 3.36. The third-order valence-corrected chi connectivity index (χ3v) is 7.65. The van der Waals surface area contributed by atoms with Crippen LogP contribution in [0.4, 0.5) is 0 Å². The van der Waals surface area contributed by atoms with Crippen molar-refractivity contribution in [2.45, 2.75) is 37.3 Å². The van der Waals surface area contributed by atoms with Crippen molar-refractivity contribution in [3.05, 3.63) is 105 Å². The molecule has 1 aliphatic carbocycles. The van der Waals surface area contributed by atoms with Crippen LogP contribution >= 0.6 is 0 Å². The van der Waals surface area contributed by atoms with E-state index < -0.39 is 23.5 Å². The van der Waals surface area contributed by atoms with Gasteiger partial charge in [0.1, 0.15) is 11.5 Å². The first-order valence-corrected chi connectivity index (χ1v) is 13.9. The Morgan fingerprint density at radius 3 is 2.69 bits per heavy atom. The van der Waals surface area contributed by atoms with E-state index in [2.05, 4.69) is 15.6 Å². The van der Waals surface area contributed by atoms with Crippen molar-refractivity contribution >= 4 is 22.8 Å². The number of carboxylic acids is 1. The minimum atomic E-state index is -1.46. The third-order valence-electron chi connectivity index (χ3n) is 7.65. The Morgan fingerprint density at radius 2 is 1.86 bits per heavy atom. The molecule has 0 bridgehead atoms. The number of pyridine rings is 1. The summed E-state index contributed by atoms with van der Waals surface area (Å²) in [6.07, 6.45) is 1.54. The fourth-order valence-corrected chi connectivity index (χ4v) is 5.45. The van der Waals surface area contributed by atoms with Crippen LogP contribution < -0.4 is 20.9 Å². The largest absolute Gasteiger partial charge is 0.506 e. The fraction of sp³-hybridized carbons (Fsp3) is 0.281. The molecule has 1 aromatic heterocycles. The molecule has 0 aliphatic heterocycles. The van der Waals surface area contributed by atoms with E-state index in [1.165, 1.54) is 12.1 Å². The van der Waals surface area contributed by atoms with Gasteiger partial charge in [0.2, 0.25) is 5.56 Å². The number of aryl methyl sites for hydroxylation is 1. The molecule has 0 spiro atoms. The predicted molar refractivity (Wildman–Crippen MR) is 157 cm³/mol. The number of fused-ring (bicyclic) bond motifs is 2. The molecule has 0 fully saturated rings. The molecule has 1 amide bonds. The second-order valence-corrected chi connectivity index (χ2v) is 10.4. The number of hydrogen-bond acceptors (Lipinski definition) is 7. The minimum absolute atomic E-state index is 0.0541. The zero-order valence-corrected chi connectivity index (χ0v) is 22.9. The number of aromatic amines is 1. The van der Waals surface area contributed by atoms with Crippen molar-refractivity contribution in [1.82, 2.24) is 15.6 Å². The first-order valence-electron chi connectivity index (χ1n) is 13.9. The molecule has 1 aliphatic rings. The summed E-state index contributed by atoms with van der Waals surface area (Å²) in [5, 5.41) is 37.3. The van der Waals surface area contributed by atoms with Gasteiger partial charge in [-0.15, -0.1) is 0 Å². The molecule has 10 nitrogen and oxygen atoms in total. The number of phenols is 1. The Balaban J connectivity index is 1.08. The van der Waals surface area contributed by atoms with Gasteiger partial charge in [-0.1, -0.05) is 36.4 Å². The minimum Gasteiger partial charge on any atom is -0.506 e. The number of ether oxygens (including phenoxy) is 1. The Bertz CT molecular complexity index is 1670. The number of unbranched alkanes of at least 4 members (excludes halogenated alkanes) is 1. The van der Waals surface area contributed by atoms with Crippen LogP contribution in [0.5, 0.6) is 11.5 Å². The lowest BCUT2D eigenvalue weighted by Gasteiger charge is -2.27. The van der Waals surface area contributed by atoms with Gasteiger partial charge >= 0.3 is 5.97 Å². The van der Waals surface area contributed by atoms with Crippen LogP contribution in [0.1, 0.15) is 52.4 Å². The fourth-order valence-electron chi connectivity index (χ4n) is 5.45. The maximum absolute atomic E-state index is 13.1. The maximum atomic E-state index is 13.1. The number of rotatable bonds is 12. The molecule has 0 radical (unpaired) electrons. The number of nitrogens with one attached hydrogen (secondary N) is 3. The van der Waals surface area contributed by atoms with Gasteiger partial charge < -0.3 is 35.7 Å². The molecule has 5 rings (SSSR count). The van der Waals surface area contributed by atoms with E-state index in [0.29, 0.717) is 65.9 Å². The highest BCUT2D eigenvalue weighted by Gasteiger charge is 2.46. The highest BCUT2D eigenvalue weighted by atomic mass is 16.5. The van der Waals surface area contributed by atoms with Gasteiger partial charge in [-0.05, 0) is 79.3 Å². The second-order valence-electron chi connectivity index (χ2n) is 10.4. The van der Waals surface area contributed by atoms with Crippen LogP contribution in [0.3, 0.4) is 0 Å². The highest BCUT2D eigenvalue weighted by molar-refractivity contribution is 5.99. The first-order chi connectivity index (χ1) is 20.3. The molecule has 6 N–H and O–H groups in total. The number of carboxylic acid groups (broad SMARTS) is 1. The Labute approximate surface area is 242 Å². The molecule has 2 atom stereocenters. The first kappa shape index (κ1) is 28.8. The molecule has 10 heteroatoms. The Morgan fingerprint density at radius 1 is 1.02 bits per heavy atom. The number of amides is 1. The van der Waals surface area contributed by atoms with Gasteiger partial charge in [0.15, 0.2) is 5.54 Å². The zero-order chi connectivity index (χ0) is 29.7. The van der Waals surface area contributed by atoms with E-state index in [4.69, 9.17) is 4.74 Å². The number of H-pyrrole nitrogens is 1. The van der Waals surface area contributed by atoms with E-state index in [1.54, 1.807) is 48.5 Å². The number of aliphatic hydroxyl groups excluding tert-OH is 1. The number of benzene rings is 3. The molecule has 218 valence electrons. The molecule has 0 saturated heterocycles. The van der Waals surface area contributed by atoms with Crippen LogP contribution in [-0.4, -0.2) is 51.9 Å². The van der Waals surface area contributed by atoms with Gasteiger partial charge in [-0.2, -0.15) is 0 Å². The Hall–Kier alpha value is -4.67. The number of carbonyl (C=O) groups excluding carboxylic acids is 1. The summed E-state index contributed by atoms with van der Waals surface area (Å²) in [5.41, 5.74) is 0.966. The number of aromatic nitrogens is 1. The summed E-state index contributed by atoms with van der Waals surface area (Å²) in [6, 6.07) is 20.0. The average molecular weight is 572 g/mol. The smallest absolute Gasteiger partial charge is 0.334 e. The number of aliphatic carboxylic acids is 1. The summed E-state index contributed by atoms with van der Waals surface area (Å²) in [4.78, 5) is 39.6. The summed E-state index contributed by atoms with van der Waals surface area (Å²) >= 11 is 0. The molecule has 1 heterocycles. The summed E-state index contributed by atoms with van der Waals surface area (Å²) < 4.78 is 5.84. The highest BCUT2D eigenvalue weighted by Crippen LogP contribution is 2.37. The summed E-state index contributed by atoms with van der Waals surface area (Å²) in [7, 11) is 0. The van der Waals surface area contributed by atoms with Crippen molar-refractivity contribution < 1.29 is 29.6 Å². The lowest BCUT2D eigenvalue weighted by atomic mass is 9.91. The molecular weight excluding hydrogens is 538 g/mol. The van der Waals surface area contributed by atoms with Crippen LogP contribution in [0.25, 0.3) is 10.9 Å². The lowest BCUT2D eigenvalue weighted by Crippen LogP contribution is -2.50. The SMILES string of the molecule is O=C(NC1(C(=O)O)CCc2ccccc21)c1cccc(OCCCCNCC(O)c2ccc(O)c3[nH]c(=O)ccc23)c1. The third kappa shape index (κ3) is 6.00. The van der Waals surface area contributed by atoms with E-state index in [0.717, 1.165) is 18.4 Å². The van der Waals surface area contributed by atoms with Crippen molar-refractivity contribution in [1.29, 1.82) is 0 Å². The molecule has 42 heavy (non-hydrogen) atoms. The van der Waals surface area contributed by atoms with E-state index in [1.807, 2.05) is 12.1 Å².